The Morgan fingerprint density at radius 2 is 1.71 bits per heavy atom. The molecular formula is C19H23N3O2. The average molecular weight is 325 g/mol. The Hall–Kier alpha value is -2.66. The van der Waals surface area contributed by atoms with Gasteiger partial charge in [-0.15, -0.1) is 0 Å². The van der Waals surface area contributed by atoms with Gasteiger partial charge < -0.3 is 16.0 Å². The highest BCUT2D eigenvalue weighted by Gasteiger charge is 2.15. The molecule has 0 fully saturated rings. The minimum atomic E-state index is -0.177. The average Bonchev–Trinajstić information content (AvgIpc) is 2.64. The van der Waals surface area contributed by atoms with Crippen molar-refractivity contribution in [2.24, 2.45) is 5.73 Å². The summed E-state index contributed by atoms with van der Waals surface area (Å²) in [5, 5.41) is 2.84. The van der Waals surface area contributed by atoms with E-state index < -0.39 is 0 Å². The number of nitrogens with one attached hydrogen (secondary N) is 1. The first-order valence-corrected chi connectivity index (χ1v) is 8.05. The molecule has 0 bridgehead atoms. The molecule has 0 heterocycles. The molecule has 0 unspecified atom stereocenters. The summed E-state index contributed by atoms with van der Waals surface area (Å²) in [7, 11) is 1.72. The first-order valence-electron chi connectivity index (χ1n) is 8.05. The summed E-state index contributed by atoms with van der Waals surface area (Å²) >= 11 is 0. The maximum atomic E-state index is 12.6. The van der Waals surface area contributed by atoms with Gasteiger partial charge >= 0.3 is 0 Å². The predicted octanol–water partition coefficient (Wildman–Crippen LogP) is 2.43. The number of nitrogens with zero attached hydrogens (tertiary/aromatic N) is 1. The molecule has 0 spiro atoms. The number of hydrogen-bond donors (Lipinski definition) is 2. The van der Waals surface area contributed by atoms with E-state index in [1.165, 1.54) is 0 Å². The first-order chi connectivity index (χ1) is 11.6. The Morgan fingerprint density at radius 1 is 1.00 bits per heavy atom. The van der Waals surface area contributed by atoms with Gasteiger partial charge in [-0.3, -0.25) is 9.59 Å². The minimum absolute atomic E-state index is 0.154. The van der Waals surface area contributed by atoms with E-state index in [1.807, 2.05) is 30.3 Å². The second-order valence-electron chi connectivity index (χ2n) is 5.53. The van der Waals surface area contributed by atoms with Gasteiger partial charge in [0.2, 0.25) is 0 Å². The highest BCUT2D eigenvalue weighted by molar-refractivity contribution is 6.07. The van der Waals surface area contributed by atoms with Crippen molar-refractivity contribution in [1.82, 2.24) is 5.32 Å². The van der Waals surface area contributed by atoms with Crippen LogP contribution in [0.4, 0.5) is 5.69 Å². The fourth-order valence-electron chi connectivity index (χ4n) is 2.33. The van der Waals surface area contributed by atoms with Crippen LogP contribution < -0.4 is 16.0 Å². The van der Waals surface area contributed by atoms with Crippen molar-refractivity contribution in [3.8, 4) is 0 Å². The van der Waals surface area contributed by atoms with Crippen molar-refractivity contribution in [3.63, 3.8) is 0 Å². The van der Waals surface area contributed by atoms with Crippen molar-refractivity contribution in [2.45, 2.75) is 12.8 Å². The van der Waals surface area contributed by atoms with E-state index in [1.54, 1.807) is 36.2 Å². The summed E-state index contributed by atoms with van der Waals surface area (Å²) < 4.78 is 0. The Kier molecular flexibility index (Phi) is 6.51. The zero-order valence-corrected chi connectivity index (χ0v) is 13.9. The van der Waals surface area contributed by atoms with Crippen molar-refractivity contribution >= 4 is 17.5 Å². The van der Waals surface area contributed by atoms with Crippen LogP contribution in [0.25, 0.3) is 0 Å². The van der Waals surface area contributed by atoms with Crippen LogP contribution >= 0.6 is 0 Å². The number of benzene rings is 2. The molecule has 0 radical (unpaired) electrons. The van der Waals surface area contributed by atoms with Gasteiger partial charge in [0.1, 0.15) is 0 Å². The molecule has 0 saturated heterocycles. The third kappa shape index (κ3) is 4.67. The van der Waals surface area contributed by atoms with E-state index in [0.717, 1.165) is 18.5 Å². The first kappa shape index (κ1) is 17.7. The molecule has 2 aromatic rings. The van der Waals surface area contributed by atoms with E-state index in [2.05, 4.69) is 5.32 Å². The number of rotatable bonds is 7. The lowest BCUT2D eigenvalue weighted by Gasteiger charge is -2.17. The van der Waals surface area contributed by atoms with Gasteiger partial charge in [0.25, 0.3) is 11.8 Å². The molecule has 0 aliphatic rings. The highest BCUT2D eigenvalue weighted by Crippen LogP contribution is 2.15. The topological polar surface area (TPSA) is 75.4 Å². The molecular weight excluding hydrogens is 302 g/mol. The number of unbranched alkanes of at least 4 members (excludes halogenated alkanes) is 1. The van der Waals surface area contributed by atoms with Crippen molar-refractivity contribution in [3.05, 3.63) is 65.7 Å². The number of nitrogens with two attached hydrogens (primary N) is 1. The van der Waals surface area contributed by atoms with Crippen LogP contribution in [0, 0.1) is 0 Å². The summed E-state index contributed by atoms with van der Waals surface area (Å²) in [6.45, 7) is 1.20. The van der Waals surface area contributed by atoms with Crippen LogP contribution in [0.3, 0.4) is 0 Å². The predicted molar refractivity (Wildman–Crippen MR) is 96.2 cm³/mol. The lowest BCUT2D eigenvalue weighted by molar-refractivity contribution is 0.0953. The fourth-order valence-corrected chi connectivity index (χ4v) is 2.33. The van der Waals surface area contributed by atoms with E-state index in [0.29, 0.717) is 24.2 Å². The molecule has 0 aliphatic carbocycles. The van der Waals surface area contributed by atoms with Gasteiger partial charge in [-0.2, -0.15) is 0 Å². The van der Waals surface area contributed by atoms with Crippen LogP contribution in [0.2, 0.25) is 0 Å². The molecule has 0 atom stereocenters. The molecule has 5 heteroatoms. The van der Waals surface area contributed by atoms with E-state index in [4.69, 9.17) is 5.73 Å². The van der Waals surface area contributed by atoms with Gasteiger partial charge in [0.05, 0.1) is 0 Å². The second-order valence-corrected chi connectivity index (χ2v) is 5.53. The third-order valence-electron chi connectivity index (χ3n) is 3.74. The largest absolute Gasteiger partial charge is 0.352 e. The molecule has 2 rings (SSSR count). The standard InChI is InChI=1S/C19H23N3O2/c1-22(17-10-3-2-4-11-17)19(24)16-9-7-8-15(14-16)18(23)21-13-6-5-12-20/h2-4,7-11,14H,5-6,12-13,20H2,1H3,(H,21,23). The molecule has 24 heavy (non-hydrogen) atoms. The lowest BCUT2D eigenvalue weighted by Crippen LogP contribution is -2.28. The smallest absolute Gasteiger partial charge is 0.258 e. The fraction of sp³-hybridized carbons (Fsp3) is 0.263. The van der Waals surface area contributed by atoms with Gasteiger partial charge in [-0.1, -0.05) is 24.3 Å². The Bertz CT molecular complexity index is 686. The molecule has 3 N–H and O–H groups in total. The SMILES string of the molecule is CN(C(=O)c1cccc(C(=O)NCCCCN)c1)c1ccccc1. The lowest BCUT2D eigenvalue weighted by atomic mass is 10.1. The van der Waals surface area contributed by atoms with E-state index in [9.17, 15) is 9.59 Å². The van der Waals surface area contributed by atoms with Crippen LogP contribution in [0.1, 0.15) is 33.6 Å². The third-order valence-corrected chi connectivity index (χ3v) is 3.74. The van der Waals surface area contributed by atoms with Crippen molar-refractivity contribution in [1.29, 1.82) is 0 Å². The maximum Gasteiger partial charge on any atom is 0.258 e. The number of carbonyl (C=O) groups is 2. The monoisotopic (exact) mass is 325 g/mol. The molecule has 5 nitrogen and oxygen atoms in total. The number of hydrogen-bond acceptors (Lipinski definition) is 3. The second kappa shape index (κ2) is 8.84. The Labute approximate surface area is 142 Å². The quantitative estimate of drug-likeness (QED) is 0.768. The molecule has 0 aromatic heterocycles. The Morgan fingerprint density at radius 3 is 2.42 bits per heavy atom. The summed E-state index contributed by atoms with van der Waals surface area (Å²) in [6, 6.07) is 16.2. The maximum absolute atomic E-state index is 12.6. The number of anilines is 1. The molecule has 2 amide bonds. The highest BCUT2D eigenvalue weighted by atomic mass is 16.2. The summed E-state index contributed by atoms with van der Waals surface area (Å²) in [5.41, 5.74) is 7.20. The molecule has 0 aliphatic heterocycles. The van der Waals surface area contributed by atoms with Crippen molar-refractivity contribution in [2.75, 3.05) is 25.0 Å². The van der Waals surface area contributed by atoms with Crippen LogP contribution in [-0.4, -0.2) is 32.0 Å². The zero-order chi connectivity index (χ0) is 17.4. The normalized spacial score (nSPS) is 10.2. The Balaban J connectivity index is 2.06. The number of carbonyl (C=O) groups excluding carboxylic acids is 2. The molecule has 0 saturated carbocycles. The van der Waals surface area contributed by atoms with Crippen LogP contribution in [0.5, 0.6) is 0 Å². The van der Waals surface area contributed by atoms with Crippen molar-refractivity contribution < 1.29 is 9.59 Å². The van der Waals surface area contributed by atoms with Crippen LogP contribution in [0.15, 0.2) is 54.6 Å². The molecule has 2 aromatic carbocycles. The number of para-hydroxylation sites is 1. The van der Waals surface area contributed by atoms with Crippen LogP contribution in [-0.2, 0) is 0 Å². The number of amides is 2. The minimum Gasteiger partial charge on any atom is -0.352 e. The van der Waals surface area contributed by atoms with Gasteiger partial charge in [0, 0.05) is 30.4 Å². The van der Waals surface area contributed by atoms with E-state index >= 15 is 0 Å². The zero-order valence-electron chi connectivity index (χ0n) is 13.9. The summed E-state index contributed by atoms with van der Waals surface area (Å²) in [4.78, 5) is 26.3. The van der Waals surface area contributed by atoms with Gasteiger partial charge in [0.15, 0.2) is 0 Å². The van der Waals surface area contributed by atoms with Gasteiger partial charge in [-0.25, -0.2) is 0 Å². The van der Waals surface area contributed by atoms with Gasteiger partial charge in [-0.05, 0) is 49.7 Å². The summed E-state index contributed by atoms with van der Waals surface area (Å²) in [5.74, 6) is -0.331. The summed E-state index contributed by atoms with van der Waals surface area (Å²) in [6.07, 6.45) is 1.72. The van der Waals surface area contributed by atoms with E-state index in [-0.39, 0.29) is 11.8 Å². The molecule has 126 valence electrons.